The van der Waals surface area contributed by atoms with Gasteiger partial charge >= 0.3 is 12.1 Å². The summed E-state index contributed by atoms with van der Waals surface area (Å²) in [4.78, 5) is 57.8. The largest absolute Gasteiger partial charge is 0.463 e. The van der Waals surface area contributed by atoms with E-state index in [9.17, 15) is 19.2 Å². The van der Waals surface area contributed by atoms with E-state index in [2.05, 4.69) is 5.32 Å². The van der Waals surface area contributed by atoms with Crippen molar-refractivity contribution >= 4 is 34.8 Å². The van der Waals surface area contributed by atoms with Crippen molar-refractivity contribution in [1.82, 2.24) is 19.7 Å². The van der Waals surface area contributed by atoms with Crippen LogP contribution in [-0.2, 0) is 36.3 Å². The Hall–Kier alpha value is -3.82. The van der Waals surface area contributed by atoms with Crippen LogP contribution in [-0.4, -0.2) is 82.7 Å². The Labute approximate surface area is 281 Å². The van der Waals surface area contributed by atoms with Crippen molar-refractivity contribution in [2.75, 3.05) is 20.7 Å². The van der Waals surface area contributed by atoms with Crippen molar-refractivity contribution in [2.24, 2.45) is 18.4 Å². The molecule has 10 nitrogen and oxygen atoms in total. The molecule has 1 aromatic heterocycles. The molecule has 0 radical (unpaired) electrons. The molecule has 3 atom stereocenters. The number of hydrogen-bond donors (Lipinski definition) is 1. The van der Waals surface area contributed by atoms with E-state index in [1.165, 1.54) is 4.90 Å². The monoisotopic (exact) mass is 654 g/mol. The van der Waals surface area contributed by atoms with Crippen LogP contribution in [0.1, 0.15) is 88.6 Å². The minimum absolute atomic E-state index is 0.0407. The second-order valence-electron chi connectivity index (χ2n) is 15.4. The van der Waals surface area contributed by atoms with Gasteiger partial charge in [-0.25, -0.2) is 9.59 Å². The molecule has 1 aromatic carbocycles. The summed E-state index contributed by atoms with van der Waals surface area (Å²) in [6.07, 6.45) is 3.07. The average molecular weight is 655 g/mol. The van der Waals surface area contributed by atoms with Crippen LogP contribution in [0.4, 0.5) is 4.79 Å². The maximum atomic E-state index is 14.6. The van der Waals surface area contributed by atoms with Crippen molar-refractivity contribution in [3.63, 3.8) is 0 Å². The zero-order valence-corrected chi connectivity index (χ0v) is 31.3. The molecule has 10 heteroatoms. The fourth-order valence-corrected chi connectivity index (χ4v) is 5.97. The topological polar surface area (TPSA) is 110 Å². The molecule has 0 fully saturated rings. The van der Waals surface area contributed by atoms with Crippen molar-refractivity contribution in [1.29, 1.82) is 0 Å². The van der Waals surface area contributed by atoms with E-state index in [1.54, 1.807) is 59.7 Å². The Kier molecular flexibility index (Phi) is 12.5. The highest BCUT2D eigenvalue weighted by molar-refractivity contribution is 5.94. The van der Waals surface area contributed by atoms with E-state index < -0.39 is 52.5 Å². The number of nitrogens with one attached hydrogen (secondary N) is 1. The molecule has 0 saturated carbocycles. The molecule has 262 valence electrons. The number of benzene rings is 1. The SMILES string of the molecule is CCOC(=O)/C(C)=C/C(C(C)C)N(C)C(=O)C(NC(=O)C(N(C)C(=O)OC(C)(C)C)C(C)(C)c1cn(C)c2ccccc12)C(C)(C)C. The Balaban J connectivity index is 2.64. The lowest BCUT2D eigenvalue weighted by Crippen LogP contribution is -2.63. The number of likely N-dealkylation sites (N-methyl/N-ethyl adjacent to an activating group) is 2. The number of amides is 3. The van der Waals surface area contributed by atoms with Gasteiger partial charge in [-0.1, -0.05) is 72.7 Å². The maximum absolute atomic E-state index is 14.6. The minimum Gasteiger partial charge on any atom is -0.463 e. The van der Waals surface area contributed by atoms with E-state index >= 15 is 0 Å². The van der Waals surface area contributed by atoms with E-state index in [-0.39, 0.29) is 18.4 Å². The lowest BCUT2D eigenvalue weighted by atomic mass is 9.76. The van der Waals surface area contributed by atoms with Crippen LogP contribution in [0.3, 0.4) is 0 Å². The summed E-state index contributed by atoms with van der Waals surface area (Å²) < 4.78 is 12.9. The molecular formula is C37H58N4O6. The normalized spacial score (nSPS) is 14.8. The fourth-order valence-electron chi connectivity index (χ4n) is 5.97. The third-order valence-corrected chi connectivity index (χ3v) is 8.49. The van der Waals surface area contributed by atoms with E-state index in [1.807, 2.05) is 90.5 Å². The molecule has 3 amide bonds. The quantitative estimate of drug-likeness (QED) is 0.228. The fraction of sp³-hybridized carbons (Fsp3) is 0.622. The van der Waals surface area contributed by atoms with Gasteiger partial charge in [0.1, 0.15) is 17.7 Å². The number of carbonyl (C=O) groups excluding carboxylic acids is 4. The van der Waals surface area contributed by atoms with Gasteiger partial charge < -0.3 is 24.3 Å². The molecule has 1 N–H and O–H groups in total. The highest BCUT2D eigenvalue weighted by Gasteiger charge is 2.46. The van der Waals surface area contributed by atoms with E-state index in [0.717, 1.165) is 16.5 Å². The number of carbonyl (C=O) groups is 4. The predicted octanol–water partition coefficient (Wildman–Crippen LogP) is 6.21. The molecule has 0 aliphatic carbocycles. The van der Waals surface area contributed by atoms with Gasteiger partial charge in [-0.2, -0.15) is 0 Å². The summed E-state index contributed by atoms with van der Waals surface area (Å²) in [5, 5.41) is 4.02. The number of aromatic nitrogens is 1. The highest BCUT2D eigenvalue weighted by atomic mass is 16.6. The summed E-state index contributed by atoms with van der Waals surface area (Å²) in [5.74, 6) is -1.29. The number of para-hydroxylation sites is 1. The first-order chi connectivity index (χ1) is 21.4. The molecule has 0 aliphatic rings. The predicted molar refractivity (Wildman–Crippen MR) is 187 cm³/mol. The van der Waals surface area contributed by atoms with Crippen LogP contribution in [0, 0.1) is 11.3 Å². The summed E-state index contributed by atoms with van der Waals surface area (Å²) in [6.45, 7) is 22.4. The minimum atomic E-state index is -1.06. The van der Waals surface area contributed by atoms with Gasteiger partial charge in [0.05, 0.1) is 12.6 Å². The lowest BCUT2D eigenvalue weighted by Gasteiger charge is -2.42. The second kappa shape index (κ2) is 14.9. The van der Waals surface area contributed by atoms with E-state index in [0.29, 0.717) is 5.57 Å². The van der Waals surface area contributed by atoms with Gasteiger partial charge in [0.25, 0.3) is 0 Å². The molecule has 2 aromatic rings. The van der Waals surface area contributed by atoms with Crippen LogP contribution in [0.5, 0.6) is 0 Å². The summed E-state index contributed by atoms with van der Waals surface area (Å²) in [5.41, 5.74) is -0.151. The second-order valence-corrected chi connectivity index (χ2v) is 15.4. The number of ether oxygens (including phenoxy) is 2. The molecule has 3 unspecified atom stereocenters. The maximum Gasteiger partial charge on any atom is 0.410 e. The zero-order chi connectivity index (χ0) is 36.2. The van der Waals surface area contributed by atoms with Crippen LogP contribution in [0.2, 0.25) is 0 Å². The Morgan fingerprint density at radius 3 is 2.04 bits per heavy atom. The van der Waals surface area contributed by atoms with Crippen molar-refractivity contribution in [3.05, 3.63) is 47.7 Å². The third kappa shape index (κ3) is 9.39. The van der Waals surface area contributed by atoms with E-state index in [4.69, 9.17) is 9.47 Å². The Bertz CT molecular complexity index is 1470. The molecule has 0 bridgehead atoms. The number of esters is 1. The third-order valence-electron chi connectivity index (χ3n) is 8.49. The van der Waals surface area contributed by atoms with Gasteiger partial charge in [-0.05, 0) is 57.6 Å². The van der Waals surface area contributed by atoms with Gasteiger partial charge in [0.15, 0.2) is 0 Å². The standard InChI is InChI=1S/C37H58N4O6/c1-16-46-33(44)24(4)21-28(23(2)3)40(14)32(43)29(35(5,6)7)38-31(42)30(41(15)34(45)47-36(8,9)10)37(11,12)26-22-39(13)27-20-18-17-19-25(26)27/h17-23,28-30H,16H2,1-15H3,(H,38,42)/b24-21+. The molecule has 0 aliphatic heterocycles. The number of fused-ring (bicyclic) bond motifs is 1. The van der Waals surface area contributed by atoms with Gasteiger partial charge in [-0.3, -0.25) is 14.5 Å². The Morgan fingerprint density at radius 2 is 1.53 bits per heavy atom. The van der Waals surface area contributed by atoms with Crippen molar-refractivity contribution in [3.8, 4) is 0 Å². The Morgan fingerprint density at radius 1 is 0.957 bits per heavy atom. The summed E-state index contributed by atoms with van der Waals surface area (Å²) in [7, 11) is 5.18. The molecule has 47 heavy (non-hydrogen) atoms. The van der Waals surface area contributed by atoms with Gasteiger partial charge in [-0.15, -0.1) is 0 Å². The van der Waals surface area contributed by atoms with Gasteiger partial charge in [0.2, 0.25) is 11.8 Å². The molecule has 1 heterocycles. The first kappa shape index (κ1) is 39.4. The molecule has 0 spiro atoms. The molecule has 2 rings (SSSR count). The van der Waals surface area contributed by atoms with Crippen LogP contribution >= 0.6 is 0 Å². The number of aryl methyl sites for hydroxylation is 1. The molecular weight excluding hydrogens is 596 g/mol. The first-order valence-electron chi connectivity index (χ1n) is 16.4. The summed E-state index contributed by atoms with van der Waals surface area (Å²) >= 11 is 0. The number of nitrogens with zero attached hydrogens (tertiary/aromatic N) is 3. The van der Waals surface area contributed by atoms with Crippen LogP contribution in [0.15, 0.2) is 42.1 Å². The highest BCUT2D eigenvalue weighted by Crippen LogP contribution is 2.37. The lowest BCUT2D eigenvalue weighted by molar-refractivity contribution is -0.142. The zero-order valence-electron chi connectivity index (χ0n) is 31.3. The van der Waals surface area contributed by atoms with Crippen molar-refractivity contribution < 1.29 is 28.7 Å². The van der Waals surface area contributed by atoms with Gasteiger partial charge in [0, 0.05) is 49.2 Å². The van der Waals surface area contributed by atoms with Crippen molar-refractivity contribution in [2.45, 2.75) is 112 Å². The first-order valence-corrected chi connectivity index (χ1v) is 16.4. The number of hydrogen-bond acceptors (Lipinski definition) is 6. The number of rotatable bonds is 11. The smallest absolute Gasteiger partial charge is 0.410 e. The summed E-state index contributed by atoms with van der Waals surface area (Å²) in [6, 6.07) is 5.45. The van der Waals surface area contributed by atoms with Crippen LogP contribution < -0.4 is 5.32 Å². The molecule has 0 saturated heterocycles. The average Bonchev–Trinajstić information content (AvgIpc) is 3.29. The van der Waals surface area contributed by atoms with Crippen LogP contribution in [0.25, 0.3) is 10.9 Å².